The van der Waals surface area contributed by atoms with Crippen LogP contribution in [0.5, 0.6) is 0 Å². The van der Waals surface area contributed by atoms with Gasteiger partial charge in [0, 0.05) is 44.3 Å². The molecule has 1 aliphatic carbocycles. The number of aliphatic hydroxyl groups is 1. The summed E-state index contributed by atoms with van der Waals surface area (Å²) < 4.78 is 7.21. The van der Waals surface area contributed by atoms with Crippen LogP contribution in [0.3, 0.4) is 0 Å². The monoisotopic (exact) mass is 565 g/mol. The SMILES string of the molecule is Cc1cn(CC2(O)CCN(C(=O)N3CCN(C(=O)OC(C)(C)C)C[C@H]3c3ccccc3)CC23CCCC3)c(=O)cn1. The molecular formula is C31H43N5O5. The van der Waals surface area contributed by atoms with Gasteiger partial charge in [-0.05, 0) is 52.5 Å². The molecular weight excluding hydrogens is 522 g/mol. The number of ether oxygens (including phenoxy) is 1. The minimum atomic E-state index is -1.11. The zero-order chi connectivity index (χ0) is 29.4. The third-order valence-electron chi connectivity index (χ3n) is 9.01. The fourth-order valence-corrected chi connectivity index (χ4v) is 6.87. The summed E-state index contributed by atoms with van der Waals surface area (Å²) >= 11 is 0. The number of carbonyl (C=O) groups is 2. The van der Waals surface area contributed by atoms with Crippen molar-refractivity contribution in [1.29, 1.82) is 0 Å². The van der Waals surface area contributed by atoms with Crippen LogP contribution in [0.2, 0.25) is 0 Å². The van der Waals surface area contributed by atoms with Crippen LogP contribution in [-0.4, -0.2) is 85.4 Å². The number of piperidine rings is 1. The van der Waals surface area contributed by atoms with Gasteiger partial charge in [-0.3, -0.25) is 9.78 Å². The Labute approximate surface area is 241 Å². The average molecular weight is 566 g/mol. The van der Waals surface area contributed by atoms with Gasteiger partial charge in [-0.25, -0.2) is 9.59 Å². The molecule has 2 atom stereocenters. The van der Waals surface area contributed by atoms with E-state index in [2.05, 4.69) is 4.98 Å². The molecule has 1 aromatic heterocycles. The van der Waals surface area contributed by atoms with E-state index in [1.807, 2.05) is 67.8 Å². The third kappa shape index (κ3) is 5.98. The molecule has 1 saturated carbocycles. The number of rotatable bonds is 3. The summed E-state index contributed by atoms with van der Waals surface area (Å²) in [5, 5.41) is 12.1. The lowest BCUT2D eigenvalue weighted by Gasteiger charge is -2.53. The number of carbonyl (C=O) groups excluding carboxylic acids is 2. The molecule has 10 nitrogen and oxygen atoms in total. The van der Waals surface area contributed by atoms with Crippen LogP contribution >= 0.6 is 0 Å². The highest BCUT2D eigenvalue weighted by atomic mass is 16.6. The van der Waals surface area contributed by atoms with Crippen molar-refractivity contribution in [2.24, 2.45) is 5.41 Å². The summed E-state index contributed by atoms with van der Waals surface area (Å²) in [4.78, 5) is 49.3. The Morgan fingerprint density at radius 3 is 2.44 bits per heavy atom. The highest BCUT2D eigenvalue weighted by Crippen LogP contribution is 2.52. The molecule has 5 rings (SSSR count). The van der Waals surface area contributed by atoms with Gasteiger partial charge in [0.1, 0.15) is 5.60 Å². The molecule has 0 radical (unpaired) electrons. The molecule has 41 heavy (non-hydrogen) atoms. The molecule has 3 amide bonds. The topological polar surface area (TPSA) is 108 Å². The second-order valence-electron chi connectivity index (χ2n) is 13.0. The van der Waals surface area contributed by atoms with Crippen LogP contribution in [0.15, 0.2) is 47.5 Å². The number of piperazine rings is 1. The van der Waals surface area contributed by atoms with E-state index in [1.54, 1.807) is 15.7 Å². The van der Waals surface area contributed by atoms with E-state index in [-0.39, 0.29) is 30.3 Å². The lowest BCUT2D eigenvalue weighted by molar-refractivity contribution is -0.137. The Bertz CT molecular complexity index is 1320. The smallest absolute Gasteiger partial charge is 0.410 e. The fourth-order valence-electron chi connectivity index (χ4n) is 6.87. The summed E-state index contributed by atoms with van der Waals surface area (Å²) in [5.74, 6) is 0. The fraction of sp³-hybridized carbons (Fsp3) is 0.613. The molecule has 1 unspecified atom stereocenters. The first-order valence-corrected chi connectivity index (χ1v) is 14.7. The Balaban J connectivity index is 1.37. The molecule has 10 heteroatoms. The van der Waals surface area contributed by atoms with Crippen molar-refractivity contribution in [3.8, 4) is 0 Å². The standard InChI is InChI=1S/C31H43N5O5/c1-23-19-35(26(37)18-32-23)22-31(40)14-15-34(21-30(31)12-8-9-13-30)27(38)36-17-16-33(28(39)41-29(2,3)4)20-25(36)24-10-6-5-7-11-24/h5-7,10-11,18-19,25,40H,8-9,12-17,20-22H2,1-4H3/t25-,31?/m0/s1. The average Bonchev–Trinajstić information content (AvgIpc) is 3.41. The third-order valence-corrected chi connectivity index (χ3v) is 9.01. The summed E-state index contributed by atoms with van der Waals surface area (Å²) in [6, 6.07) is 9.42. The van der Waals surface area contributed by atoms with Gasteiger partial charge in [-0.1, -0.05) is 43.2 Å². The van der Waals surface area contributed by atoms with Crippen LogP contribution in [0.25, 0.3) is 0 Å². The molecule has 1 aromatic carbocycles. The first-order valence-electron chi connectivity index (χ1n) is 14.7. The normalized spacial score (nSPS) is 24.5. The predicted octanol–water partition coefficient (Wildman–Crippen LogP) is 3.96. The zero-order valence-corrected chi connectivity index (χ0v) is 24.7. The van der Waals surface area contributed by atoms with Gasteiger partial charge in [-0.2, -0.15) is 0 Å². The van der Waals surface area contributed by atoms with Gasteiger partial charge in [-0.15, -0.1) is 0 Å². The Kier molecular flexibility index (Phi) is 7.89. The maximum Gasteiger partial charge on any atom is 0.410 e. The number of aryl methyl sites for hydroxylation is 1. The molecule has 0 bridgehead atoms. The van der Waals surface area contributed by atoms with Crippen LogP contribution in [0.1, 0.15) is 70.2 Å². The molecule has 3 heterocycles. The van der Waals surface area contributed by atoms with E-state index < -0.39 is 16.6 Å². The van der Waals surface area contributed by atoms with E-state index in [4.69, 9.17) is 4.74 Å². The quantitative estimate of drug-likeness (QED) is 0.604. The maximum absolute atomic E-state index is 14.2. The zero-order valence-electron chi connectivity index (χ0n) is 24.7. The number of hydrogen-bond acceptors (Lipinski definition) is 6. The summed E-state index contributed by atoms with van der Waals surface area (Å²) in [5.41, 5.74) is -0.745. The minimum absolute atomic E-state index is 0.0760. The van der Waals surface area contributed by atoms with E-state index in [0.717, 1.165) is 36.9 Å². The lowest BCUT2D eigenvalue weighted by atomic mass is 9.66. The molecule has 222 valence electrons. The van der Waals surface area contributed by atoms with Crippen LogP contribution < -0.4 is 5.56 Å². The summed E-state index contributed by atoms with van der Waals surface area (Å²) in [6.45, 7) is 9.52. The number of hydrogen-bond donors (Lipinski definition) is 1. The van der Waals surface area contributed by atoms with Crippen molar-refractivity contribution in [1.82, 2.24) is 24.3 Å². The second-order valence-corrected chi connectivity index (χ2v) is 13.0. The predicted molar refractivity (Wildman–Crippen MR) is 154 cm³/mol. The highest BCUT2D eigenvalue weighted by molar-refractivity contribution is 5.76. The van der Waals surface area contributed by atoms with Crippen molar-refractivity contribution in [3.63, 3.8) is 0 Å². The second kappa shape index (κ2) is 11.1. The van der Waals surface area contributed by atoms with Crippen molar-refractivity contribution < 1.29 is 19.4 Å². The van der Waals surface area contributed by atoms with Crippen molar-refractivity contribution in [3.05, 3.63) is 64.3 Å². The van der Waals surface area contributed by atoms with Crippen LogP contribution in [0, 0.1) is 12.3 Å². The summed E-state index contributed by atoms with van der Waals surface area (Å²) in [7, 11) is 0. The number of nitrogens with zero attached hydrogens (tertiary/aromatic N) is 5. The lowest BCUT2D eigenvalue weighted by Crippen LogP contribution is -2.64. The number of amides is 3. The molecule has 3 aliphatic rings. The first kappa shape index (κ1) is 29.1. The van der Waals surface area contributed by atoms with E-state index in [1.165, 1.54) is 6.20 Å². The van der Waals surface area contributed by atoms with Gasteiger partial charge in [0.15, 0.2) is 0 Å². The molecule has 2 saturated heterocycles. The summed E-state index contributed by atoms with van der Waals surface area (Å²) in [6.07, 6.45) is 6.60. The van der Waals surface area contributed by atoms with Crippen molar-refractivity contribution >= 4 is 12.1 Å². The number of urea groups is 1. The molecule has 1 spiro atoms. The molecule has 1 N–H and O–H groups in total. The van der Waals surface area contributed by atoms with E-state index >= 15 is 0 Å². The maximum atomic E-state index is 14.2. The number of likely N-dealkylation sites (tertiary alicyclic amines) is 1. The van der Waals surface area contributed by atoms with Crippen LogP contribution in [-0.2, 0) is 11.3 Å². The highest BCUT2D eigenvalue weighted by Gasteiger charge is 2.56. The Morgan fingerprint density at radius 2 is 1.76 bits per heavy atom. The van der Waals surface area contributed by atoms with Gasteiger partial charge in [0.2, 0.25) is 0 Å². The number of aromatic nitrogens is 2. The van der Waals surface area contributed by atoms with E-state index in [9.17, 15) is 19.5 Å². The van der Waals surface area contributed by atoms with Gasteiger partial charge >= 0.3 is 12.1 Å². The molecule has 3 fully saturated rings. The van der Waals surface area contributed by atoms with Gasteiger partial charge in [0.05, 0.1) is 30.1 Å². The minimum Gasteiger partial charge on any atom is -0.444 e. The van der Waals surface area contributed by atoms with Crippen molar-refractivity contribution in [2.75, 3.05) is 32.7 Å². The number of benzene rings is 1. The van der Waals surface area contributed by atoms with E-state index in [0.29, 0.717) is 39.1 Å². The Morgan fingerprint density at radius 1 is 1.05 bits per heavy atom. The first-order chi connectivity index (χ1) is 19.4. The van der Waals surface area contributed by atoms with Gasteiger partial charge in [0.25, 0.3) is 5.56 Å². The molecule has 2 aliphatic heterocycles. The van der Waals surface area contributed by atoms with Crippen LogP contribution in [0.4, 0.5) is 9.59 Å². The van der Waals surface area contributed by atoms with Gasteiger partial charge < -0.3 is 29.1 Å². The van der Waals surface area contributed by atoms with Crippen molar-refractivity contribution in [2.45, 2.75) is 83.6 Å². The Hall–Kier alpha value is -3.40. The largest absolute Gasteiger partial charge is 0.444 e. The molecule has 2 aromatic rings.